The van der Waals surface area contributed by atoms with Crippen LogP contribution in [0.2, 0.25) is 0 Å². The van der Waals surface area contributed by atoms with E-state index in [2.05, 4.69) is 24.4 Å². The number of unbranched alkanes of at least 4 members (excludes halogenated alkanes) is 3. The number of rotatable bonds is 23. The van der Waals surface area contributed by atoms with E-state index < -0.39 is 47.3 Å². The molecule has 0 spiro atoms. The molecule has 0 aromatic heterocycles. The highest BCUT2D eigenvalue weighted by Crippen LogP contribution is 2.21. The number of nitrogens with two attached hydrogens (primary N) is 1. The second kappa shape index (κ2) is 23.0. The van der Waals surface area contributed by atoms with Crippen LogP contribution in [-0.2, 0) is 19.2 Å². The van der Waals surface area contributed by atoms with Crippen molar-refractivity contribution in [3.63, 3.8) is 0 Å². The van der Waals surface area contributed by atoms with E-state index in [4.69, 9.17) is 15.9 Å². The molecule has 0 aliphatic carbocycles. The summed E-state index contributed by atoms with van der Waals surface area (Å²) in [5, 5.41) is 39.6. The number of carbonyl (C=O) groups excluding carboxylic acids is 1. The van der Waals surface area contributed by atoms with E-state index in [1.165, 1.54) is 19.3 Å². The third kappa shape index (κ3) is 20.7. The van der Waals surface area contributed by atoms with Crippen LogP contribution in [0.25, 0.3) is 0 Å². The summed E-state index contributed by atoms with van der Waals surface area (Å²) >= 11 is 1.12. The molecule has 0 fully saturated rings. The first-order valence-corrected chi connectivity index (χ1v) is 14.3. The van der Waals surface area contributed by atoms with Gasteiger partial charge in [0.1, 0.15) is 12.1 Å². The molecule has 0 saturated carbocycles. The van der Waals surface area contributed by atoms with Gasteiger partial charge in [0.2, 0.25) is 5.91 Å². The predicted molar refractivity (Wildman–Crippen MR) is 153 cm³/mol. The lowest BCUT2D eigenvalue weighted by atomic mass is 10.1. The van der Waals surface area contributed by atoms with Crippen molar-refractivity contribution in [3.8, 4) is 0 Å². The van der Waals surface area contributed by atoms with Crippen LogP contribution < -0.4 is 11.1 Å². The Labute approximate surface area is 235 Å². The number of hydrogen-bond donors (Lipinski definition) is 6. The van der Waals surface area contributed by atoms with Gasteiger partial charge < -0.3 is 31.5 Å². The number of thioether (sulfide) groups is 1. The van der Waals surface area contributed by atoms with Gasteiger partial charge in [0.15, 0.2) is 0 Å². The minimum Gasteiger partial charge on any atom is -0.481 e. The smallest absolute Gasteiger partial charge is 0.327 e. The van der Waals surface area contributed by atoms with Crippen LogP contribution in [0.4, 0.5) is 0 Å². The van der Waals surface area contributed by atoms with Crippen LogP contribution in [0.1, 0.15) is 71.1 Å². The molecule has 7 N–H and O–H groups in total. The van der Waals surface area contributed by atoms with E-state index in [-0.39, 0.29) is 37.9 Å². The van der Waals surface area contributed by atoms with Crippen molar-refractivity contribution in [1.82, 2.24) is 5.32 Å². The van der Waals surface area contributed by atoms with Crippen LogP contribution in [0, 0.1) is 0 Å². The quantitative estimate of drug-likeness (QED) is 0.0603. The molecule has 11 heteroatoms. The zero-order chi connectivity index (χ0) is 29.5. The molecule has 0 unspecified atom stereocenters. The van der Waals surface area contributed by atoms with Gasteiger partial charge in [-0.15, -0.1) is 11.8 Å². The third-order valence-electron chi connectivity index (χ3n) is 5.54. The van der Waals surface area contributed by atoms with Crippen molar-refractivity contribution in [3.05, 3.63) is 48.6 Å². The largest absolute Gasteiger partial charge is 0.481 e. The molecule has 0 aromatic carbocycles. The van der Waals surface area contributed by atoms with E-state index in [0.717, 1.165) is 24.6 Å². The average Bonchev–Trinajstić information content (AvgIpc) is 2.88. The number of aliphatic hydroxyl groups is 1. The standard InChI is InChI=1S/C28H44N2O8S/c1-2-3-4-5-6-7-8-9-10-11-12-13-16-24(23(31)15-14-17-26(33)34)39-20-22(28(37)38)30-25(32)19-18-21(29)27(35)36/h6-7,9-13,16,21-24,31H,2-5,8,14-15,17-20,29H2,1H3,(H,30,32)(H,33,34)(H,35,36)(H,37,38)/b7-6-,10-9+,12-11+,16-13-/t21-,22+,23-,24+/m0/s1. The molecule has 1 amide bonds. The zero-order valence-electron chi connectivity index (χ0n) is 22.6. The summed E-state index contributed by atoms with van der Waals surface area (Å²) in [6.45, 7) is 2.17. The van der Waals surface area contributed by atoms with Crippen molar-refractivity contribution in [2.45, 2.75) is 94.6 Å². The normalized spacial score (nSPS) is 15.2. The summed E-state index contributed by atoms with van der Waals surface area (Å²) in [6.07, 6.45) is 19.9. The predicted octanol–water partition coefficient (Wildman–Crippen LogP) is 3.66. The second-order valence-electron chi connectivity index (χ2n) is 8.99. The minimum atomic E-state index is -1.27. The molecule has 0 bridgehead atoms. The van der Waals surface area contributed by atoms with Gasteiger partial charge in [-0.05, 0) is 38.5 Å². The molecule has 39 heavy (non-hydrogen) atoms. The van der Waals surface area contributed by atoms with Crippen molar-refractivity contribution >= 4 is 35.6 Å². The van der Waals surface area contributed by atoms with Crippen molar-refractivity contribution in [2.24, 2.45) is 5.73 Å². The number of nitrogens with one attached hydrogen (secondary N) is 1. The van der Waals surface area contributed by atoms with Crippen LogP contribution in [-0.4, -0.2) is 73.4 Å². The Morgan fingerprint density at radius 3 is 2.23 bits per heavy atom. The Kier molecular flexibility index (Phi) is 21.3. The zero-order valence-corrected chi connectivity index (χ0v) is 23.4. The van der Waals surface area contributed by atoms with Gasteiger partial charge >= 0.3 is 17.9 Å². The van der Waals surface area contributed by atoms with Gasteiger partial charge in [-0.3, -0.25) is 14.4 Å². The summed E-state index contributed by atoms with van der Waals surface area (Å²) in [5.41, 5.74) is 5.38. The maximum atomic E-state index is 12.1. The number of amides is 1. The fraction of sp³-hybridized carbons (Fsp3) is 0.571. The average molecular weight is 569 g/mol. The Morgan fingerprint density at radius 2 is 1.59 bits per heavy atom. The molecule has 10 nitrogen and oxygen atoms in total. The van der Waals surface area contributed by atoms with Crippen LogP contribution in [0.3, 0.4) is 0 Å². The van der Waals surface area contributed by atoms with Crippen molar-refractivity contribution < 1.29 is 39.6 Å². The maximum Gasteiger partial charge on any atom is 0.327 e. The van der Waals surface area contributed by atoms with E-state index >= 15 is 0 Å². The fourth-order valence-electron chi connectivity index (χ4n) is 3.24. The van der Waals surface area contributed by atoms with E-state index in [9.17, 15) is 29.4 Å². The summed E-state index contributed by atoms with van der Waals surface area (Å²) < 4.78 is 0. The van der Waals surface area contributed by atoms with Crippen molar-refractivity contribution in [1.29, 1.82) is 0 Å². The molecule has 0 radical (unpaired) electrons. The SMILES string of the molecule is CCCCC/C=C\C/C=C/C=C/C=C\[C@@H](SC[C@@H](NC(=O)CC[C@H](N)C(=O)O)C(=O)O)[C@@H](O)CCCC(=O)O. The van der Waals surface area contributed by atoms with Gasteiger partial charge in [-0.25, -0.2) is 4.79 Å². The van der Waals surface area contributed by atoms with Crippen LogP contribution in [0.15, 0.2) is 48.6 Å². The third-order valence-corrected chi connectivity index (χ3v) is 6.92. The highest BCUT2D eigenvalue weighted by molar-refractivity contribution is 8.00. The van der Waals surface area contributed by atoms with Gasteiger partial charge in [-0.2, -0.15) is 0 Å². The monoisotopic (exact) mass is 568 g/mol. The highest BCUT2D eigenvalue weighted by Gasteiger charge is 2.25. The summed E-state index contributed by atoms with van der Waals surface area (Å²) in [5.74, 6) is -4.20. The lowest BCUT2D eigenvalue weighted by Gasteiger charge is -2.22. The topological polar surface area (TPSA) is 187 Å². The maximum absolute atomic E-state index is 12.1. The van der Waals surface area contributed by atoms with E-state index in [0.29, 0.717) is 0 Å². The Morgan fingerprint density at radius 1 is 0.872 bits per heavy atom. The molecule has 4 atom stereocenters. The number of aliphatic carboxylic acids is 3. The number of carboxylic acid groups (broad SMARTS) is 3. The molecule has 0 aliphatic heterocycles. The van der Waals surface area contributed by atoms with Crippen LogP contribution >= 0.6 is 11.8 Å². The summed E-state index contributed by atoms with van der Waals surface area (Å²) in [6, 6.07) is -2.49. The molecule has 0 aliphatic rings. The van der Waals surface area contributed by atoms with Crippen molar-refractivity contribution in [2.75, 3.05) is 5.75 Å². The Hall–Kier alpha value is -2.89. The Balaban J connectivity index is 5.01. The molecule has 0 saturated heterocycles. The fourth-order valence-corrected chi connectivity index (χ4v) is 4.44. The van der Waals surface area contributed by atoms with Gasteiger partial charge in [0.25, 0.3) is 0 Å². The molecule has 0 heterocycles. The molecular formula is C28H44N2O8S. The molecule has 0 aromatic rings. The van der Waals surface area contributed by atoms with Gasteiger partial charge in [-0.1, -0.05) is 68.4 Å². The number of carboxylic acids is 3. The lowest BCUT2D eigenvalue weighted by Crippen LogP contribution is -2.44. The molecule has 220 valence electrons. The van der Waals surface area contributed by atoms with Crippen LogP contribution in [0.5, 0.6) is 0 Å². The summed E-state index contributed by atoms with van der Waals surface area (Å²) in [4.78, 5) is 45.4. The molecule has 0 rings (SSSR count). The number of aliphatic hydroxyl groups excluding tert-OH is 1. The first kappa shape index (κ1) is 36.1. The number of allylic oxidation sites excluding steroid dienone is 7. The highest BCUT2D eigenvalue weighted by atomic mass is 32.2. The van der Waals surface area contributed by atoms with Gasteiger partial charge in [0.05, 0.1) is 6.10 Å². The van der Waals surface area contributed by atoms with Gasteiger partial charge in [0, 0.05) is 23.8 Å². The summed E-state index contributed by atoms with van der Waals surface area (Å²) in [7, 11) is 0. The first-order chi connectivity index (χ1) is 18.6. The number of hydrogen-bond acceptors (Lipinski definition) is 7. The lowest BCUT2D eigenvalue weighted by molar-refractivity contribution is -0.141. The Bertz CT molecular complexity index is 857. The first-order valence-electron chi connectivity index (χ1n) is 13.2. The molecular weight excluding hydrogens is 524 g/mol. The minimum absolute atomic E-state index is 0.0642. The second-order valence-corrected chi connectivity index (χ2v) is 10.2. The number of carbonyl (C=O) groups is 4. The van der Waals surface area contributed by atoms with E-state index in [1.54, 1.807) is 18.2 Å². The van der Waals surface area contributed by atoms with E-state index in [1.807, 2.05) is 18.2 Å².